The highest BCUT2D eigenvalue weighted by Gasteiger charge is 2.31. The number of nitrogens with zero attached hydrogens (tertiary/aromatic N) is 2. The molecule has 0 spiro atoms. The van der Waals surface area contributed by atoms with Gasteiger partial charge in [0.15, 0.2) is 4.77 Å². The lowest BCUT2D eigenvalue weighted by Crippen LogP contribution is -2.42. The summed E-state index contributed by atoms with van der Waals surface area (Å²) in [5.74, 6) is -0.0469. The summed E-state index contributed by atoms with van der Waals surface area (Å²) in [6.45, 7) is 4.09. The number of carbonyl (C=O) groups excluding carboxylic acids is 1. The van der Waals surface area contributed by atoms with E-state index in [2.05, 4.69) is 4.98 Å². The molecule has 0 unspecified atom stereocenters. The van der Waals surface area contributed by atoms with Gasteiger partial charge in [-0.15, -0.1) is 0 Å². The monoisotopic (exact) mass is 317 g/mol. The van der Waals surface area contributed by atoms with Crippen molar-refractivity contribution in [3.8, 4) is 0 Å². The molecule has 2 atom stereocenters. The van der Waals surface area contributed by atoms with E-state index in [-0.39, 0.29) is 34.9 Å². The van der Waals surface area contributed by atoms with E-state index in [1.165, 1.54) is 4.57 Å². The summed E-state index contributed by atoms with van der Waals surface area (Å²) < 4.78 is 1.65. The number of benzene rings is 1. The third-order valence-electron chi connectivity index (χ3n) is 4.42. The van der Waals surface area contributed by atoms with E-state index >= 15 is 0 Å². The zero-order chi connectivity index (χ0) is 15.9. The zero-order valence-corrected chi connectivity index (χ0v) is 13.5. The van der Waals surface area contributed by atoms with Crippen molar-refractivity contribution in [2.24, 2.45) is 0 Å². The molecule has 1 aliphatic rings. The van der Waals surface area contributed by atoms with E-state index in [1.54, 1.807) is 12.1 Å². The summed E-state index contributed by atoms with van der Waals surface area (Å²) in [5, 5.41) is 0.548. The van der Waals surface area contributed by atoms with Crippen LogP contribution in [0.4, 0.5) is 0 Å². The maximum Gasteiger partial charge on any atom is 0.262 e. The van der Waals surface area contributed by atoms with Gasteiger partial charge in [-0.25, -0.2) is 0 Å². The molecule has 2 aromatic rings. The lowest BCUT2D eigenvalue weighted by molar-refractivity contribution is -0.134. The minimum Gasteiger partial charge on any atom is -0.336 e. The van der Waals surface area contributed by atoms with Gasteiger partial charge in [0.2, 0.25) is 5.91 Å². The average molecular weight is 317 g/mol. The fourth-order valence-electron chi connectivity index (χ4n) is 3.25. The SMILES string of the molecule is C[C@@H]1CC[C@@H](C)N1C(=O)Cn1c(=S)[nH]c2ccccc2c1=O. The predicted molar refractivity (Wildman–Crippen MR) is 88.4 cm³/mol. The first-order valence-corrected chi connectivity index (χ1v) is 7.93. The fraction of sp³-hybridized carbons (Fsp3) is 0.438. The van der Waals surface area contributed by atoms with Crippen molar-refractivity contribution in [1.82, 2.24) is 14.5 Å². The van der Waals surface area contributed by atoms with Crippen molar-refractivity contribution in [3.05, 3.63) is 39.4 Å². The Kier molecular flexibility index (Phi) is 3.87. The molecule has 3 rings (SSSR count). The van der Waals surface area contributed by atoms with Crippen LogP contribution in [0.25, 0.3) is 10.9 Å². The Bertz CT molecular complexity index is 829. The van der Waals surface area contributed by atoms with Crippen LogP contribution in [0.15, 0.2) is 29.1 Å². The van der Waals surface area contributed by atoms with Gasteiger partial charge in [0.05, 0.1) is 10.9 Å². The second kappa shape index (κ2) is 5.68. The van der Waals surface area contributed by atoms with E-state index < -0.39 is 0 Å². The molecule has 0 saturated carbocycles. The van der Waals surface area contributed by atoms with Crippen LogP contribution in [0.3, 0.4) is 0 Å². The molecule has 1 aromatic carbocycles. The fourth-order valence-corrected chi connectivity index (χ4v) is 3.50. The van der Waals surface area contributed by atoms with Gasteiger partial charge in [0.1, 0.15) is 6.54 Å². The first-order chi connectivity index (χ1) is 10.5. The maximum absolute atomic E-state index is 12.6. The van der Waals surface area contributed by atoms with Gasteiger partial charge in [0.25, 0.3) is 5.56 Å². The molecule has 2 heterocycles. The van der Waals surface area contributed by atoms with Crippen LogP contribution in [0.1, 0.15) is 26.7 Å². The number of nitrogens with one attached hydrogen (secondary N) is 1. The molecular weight excluding hydrogens is 298 g/mol. The normalized spacial score (nSPS) is 21.5. The molecule has 116 valence electrons. The number of aromatic nitrogens is 2. The van der Waals surface area contributed by atoms with Gasteiger partial charge in [-0.05, 0) is 51.0 Å². The molecule has 0 bridgehead atoms. The first kappa shape index (κ1) is 15.0. The molecule has 6 heteroatoms. The second-order valence-corrected chi connectivity index (χ2v) is 6.33. The molecule has 1 N–H and O–H groups in total. The van der Waals surface area contributed by atoms with Crippen LogP contribution >= 0.6 is 12.2 Å². The molecule has 1 amide bonds. The lowest BCUT2D eigenvalue weighted by atomic mass is 10.2. The topological polar surface area (TPSA) is 58.1 Å². The highest BCUT2D eigenvalue weighted by molar-refractivity contribution is 7.71. The van der Waals surface area contributed by atoms with E-state index in [4.69, 9.17) is 12.2 Å². The van der Waals surface area contributed by atoms with Gasteiger partial charge in [-0.3, -0.25) is 14.2 Å². The van der Waals surface area contributed by atoms with Gasteiger partial charge in [-0.2, -0.15) is 0 Å². The number of amides is 1. The quantitative estimate of drug-likeness (QED) is 0.866. The van der Waals surface area contributed by atoms with Crippen LogP contribution in [-0.4, -0.2) is 32.4 Å². The van der Waals surface area contributed by atoms with E-state index in [0.29, 0.717) is 10.9 Å². The molecule has 22 heavy (non-hydrogen) atoms. The Morgan fingerprint density at radius 2 is 1.91 bits per heavy atom. The third kappa shape index (κ3) is 2.47. The Balaban J connectivity index is 1.99. The third-order valence-corrected chi connectivity index (χ3v) is 4.75. The minimum absolute atomic E-state index is 0.00627. The molecule has 1 fully saturated rings. The summed E-state index contributed by atoms with van der Waals surface area (Å²) >= 11 is 5.26. The van der Waals surface area contributed by atoms with Crippen molar-refractivity contribution in [1.29, 1.82) is 0 Å². The largest absolute Gasteiger partial charge is 0.336 e. The Labute approximate surface area is 133 Å². The van der Waals surface area contributed by atoms with Gasteiger partial charge >= 0.3 is 0 Å². The van der Waals surface area contributed by atoms with Crippen molar-refractivity contribution in [2.45, 2.75) is 45.3 Å². The molecule has 1 saturated heterocycles. The number of aromatic amines is 1. The number of para-hydroxylation sites is 1. The summed E-state index contributed by atoms with van der Waals surface area (Å²) in [5.41, 5.74) is 0.483. The molecule has 0 aliphatic carbocycles. The molecule has 0 radical (unpaired) electrons. The second-order valence-electron chi connectivity index (χ2n) is 5.94. The van der Waals surface area contributed by atoms with Gasteiger partial charge in [0, 0.05) is 12.1 Å². The van der Waals surface area contributed by atoms with E-state index in [0.717, 1.165) is 12.8 Å². The number of fused-ring (bicyclic) bond motifs is 1. The summed E-state index contributed by atoms with van der Waals surface area (Å²) in [6, 6.07) is 7.63. The van der Waals surface area contributed by atoms with E-state index in [9.17, 15) is 9.59 Å². The lowest BCUT2D eigenvalue weighted by Gasteiger charge is -2.26. The summed E-state index contributed by atoms with van der Waals surface area (Å²) in [4.78, 5) is 30.0. The van der Waals surface area contributed by atoms with Gasteiger partial charge in [-0.1, -0.05) is 12.1 Å². The van der Waals surface area contributed by atoms with Crippen molar-refractivity contribution < 1.29 is 4.79 Å². The molecule has 1 aliphatic heterocycles. The molecule has 1 aromatic heterocycles. The first-order valence-electron chi connectivity index (χ1n) is 7.52. The highest BCUT2D eigenvalue weighted by atomic mass is 32.1. The van der Waals surface area contributed by atoms with Crippen molar-refractivity contribution in [3.63, 3.8) is 0 Å². The van der Waals surface area contributed by atoms with Crippen molar-refractivity contribution >= 4 is 29.0 Å². The Morgan fingerprint density at radius 3 is 2.59 bits per heavy atom. The van der Waals surface area contributed by atoms with Gasteiger partial charge < -0.3 is 9.88 Å². The standard InChI is InChI=1S/C16H19N3O2S/c1-10-7-8-11(2)19(10)14(20)9-18-15(21)12-5-3-4-6-13(12)17-16(18)22/h3-6,10-11H,7-9H2,1-2H3,(H,17,22)/t10-,11-/m1/s1. The summed E-state index contributed by atoms with van der Waals surface area (Å²) in [6.07, 6.45) is 2.01. The highest BCUT2D eigenvalue weighted by Crippen LogP contribution is 2.23. The molecular formula is C16H19N3O2S. The number of likely N-dealkylation sites (tertiary alicyclic amines) is 1. The zero-order valence-electron chi connectivity index (χ0n) is 12.7. The van der Waals surface area contributed by atoms with Crippen LogP contribution < -0.4 is 5.56 Å². The number of rotatable bonds is 2. The van der Waals surface area contributed by atoms with Crippen LogP contribution in [0.5, 0.6) is 0 Å². The van der Waals surface area contributed by atoms with Crippen LogP contribution in [0.2, 0.25) is 0 Å². The number of hydrogen-bond acceptors (Lipinski definition) is 3. The smallest absolute Gasteiger partial charge is 0.262 e. The van der Waals surface area contributed by atoms with Crippen molar-refractivity contribution in [2.75, 3.05) is 0 Å². The predicted octanol–water partition coefficient (Wildman–Crippen LogP) is 2.46. The number of carbonyl (C=O) groups is 1. The maximum atomic E-state index is 12.6. The average Bonchev–Trinajstić information content (AvgIpc) is 2.82. The van der Waals surface area contributed by atoms with Crippen LogP contribution in [0, 0.1) is 4.77 Å². The number of H-pyrrole nitrogens is 1. The van der Waals surface area contributed by atoms with E-state index in [1.807, 2.05) is 30.9 Å². The Hall–Kier alpha value is -1.95. The number of hydrogen-bond donors (Lipinski definition) is 1. The van der Waals surface area contributed by atoms with Crippen LogP contribution in [-0.2, 0) is 11.3 Å². The molecule has 5 nitrogen and oxygen atoms in total. The minimum atomic E-state index is -0.216. The Morgan fingerprint density at radius 1 is 1.27 bits per heavy atom. The summed E-state index contributed by atoms with van der Waals surface area (Å²) in [7, 11) is 0.